The van der Waals surface area contributed by atoms with E-state index in [1.165, 1.54) is 32.1 Å². The number of ether oxygens (including phenoxy) is 1. The molecular weight excluding hydrogens is 489 g/mol. The van der Waals surface area contributed by atoms with Crippen molar-refractivity contribution in [2.45, 2.75) is 97.1 Å². The zero-order valence-electron chi connectivity index (χ0n) is 21.5. The predicted octanol–water partition coefficient (Wildman–Crippen LogP) is 4.84. The van der Waals surface area contributed by atoms with Gasteiger partial charge in [0.2, 0.25) is 10.0 Å². The van der Waals surface area contributed by atoms with Crippen molar-refractivity contribution in [3.8, 4) is 0 Å². The van der Waals surface area contributed by atoms with E-state index >= 15 is 0 Å². The summed E-state index contributed by atoms with van der Waals surface area (Å²) in [5.74, 6) is 0.185. The second kappa shape index (κ2) is 23.5. The largest absolute Gasteiger partial charge is 0.566 e. The van der Waals surface area contributed by atoms with Gasteiger partial charge in [0.1, 0.15) is 6.61 Å². The summed E-state index contributed by atoms with van der Waals surface area (Å²) >= 11 is 0. The van der Waals surface area contributed by atoms with E-state index in [0.717, 1.165) is 37.7 Å². The van der Waals surface area contributed by atoms with Crippen LogP contribution in [0.4, 0.5) is 0 Å². The van der Waals surface area contributed by atoms with Crippen LogP contribution in [0.5, 0.6) is 0 Å². The van der Waals surface area contributed by atoms with Gasteiger partial charge in [-0.15, -0.1) is 4.52 Å². The molecule has 1 unspecified atom stereocenters. The highest BCUT2D eigenvalue weighted by Gasteiger charge is 2.16. The lowest BCUT2D eigenvalue weighted by atomic mass is 10.1. The van der Waals surface area contributed by atoms with Crippen LogP contribution in [0.2, 0.25) is 0 Å². The highest BCUT2D eigenvalue weighted by molar-refractivity contribution is 7.89. The molecule has 0 amide bonds. The molecule has 8 nitrogen and oxygen atoms in total. The fourth-order valence-electron chi connectivity index (χ4n) is 3.31. The molecule has 0 aliphatic carbocycles. The van der Waals surface area contributed by atoms with Gasteiger partial charge in [0.05, 0.1) is 25.6 Å². The SMILES string of the molecule is CCCCCCCCCCS(=O)(=O)N[C@H](CO)CCCC.O=[P+]([O-])OCCOCc1ccccc1. The Morgan fingerprint density at radius 1 is 0.943 bits per heavy atom. The maximum Gasteiger partial charge on any atom is 0.488 e. The smallest absolute Gasteiger partial charge is 0.488 e. The Kier molecular flexibility index (Phi) is 22.8. The number of aliphatic hydroxyl groups excluding tert-OH is 1. The minimum Gasteiger partial charge on any atom is -0.566 e. The average Bonchev–Trinajstić information content (AvgIpc) is 2.84. The lowest BCUT2D eigenvalue weighted by molar-refractivity contribution is -0.186. The number of hydrogen-bond donors (Lipinski definition) is 2. The number of sulfonamides is 1. The molecule has 0 aromatic heterocycles. The van der Waals surface area contributed by atoms with Crippen LogP contribution in [0.15, 0.2) is 30.3 Å². The zero-order chi connectivity index (χ0) is 26.2. The Balaban J connectivity index is 0.000000712. The van der Waals surface area contributed by atoms with Crippen molar-refractivity contribution < 1.29 is 32.2 Å². The third-order valence-electron chi connectivity index (χ3n) is 5.28. The van der Waals surface area contributed by atoms with Crippen LogP contribution in [0.1, 0.15) is 90.0 Å². The summed E-state index contributed by atoms with van der Waals surface area (Å²) in [6, 6.07) is 9.33. The molecule has 0 fully saturated rings. The average molecular weight is 536 g/mol. The van der Waals surface area contributed by atoms with E-state index in [-0.39, 0.29) is 31.6 Å². The first-order valence-electron chi connectivity index (χ1n) is 12.8. The van der Waals surface area contributed by atoms with E-state index in [9.17, 15) is 23.0 Å². The molecule has 0 aliphatic rings. The van der Waals surface area contributed by atoms with E-state index in [1.54, 1.807) is 0 Å². The third kappa shape index (κ3) is 23.2. The minimum absolute atomic E-state index is 0.0749. The van der Waals surface area contributed by atoms with Crippen molar-refractivity contribution in [3.05, 3.63) is 35.9 Å². The van der Waals surface area contributed by atoms with Crippen LogP contribution in [0.3, 0.4) is 0 Å². The second-order valence-corrected chi connectivity index (χ2v) is 11.1. The van der Waals surface area contributed by atoms with E-state index < -0.39 is 18.3 Å². The van der Waals surface area contributed by atoms with Gasteiger partial charge in [-0.1, -0.05) is 102 Å². The lowest BCUT2D eigenvalue weighted by Gasteiger charge is -2.16. The minimum atomic E-state index is -3.23. The molecule has 1 rings (SSSR count). The van der Waals surface area contributed by atoms with E-state index in [0.29, 0.717) is 13.0 Å². The van der Waals surface area contributed by atoms with Crippen LogP contribution in [-0.2, 0) is 30.5 Å². The van der Waals surface area contributed by atoms with Gasteiger partial charge in [0.25, 0.3) is 0 Å². The number of hydrogen-bond acceptors (Lipinski definition) is 7. The number of aliphatic hydroxyl groups is 1. The Bertz CT molecular complexity index is 720. The van der Waals surface area contributed by atoms with Gasteiger partial charge >= 0.3 is 8.25 Å². The highest BCUT2D eigenvalue weighted by Crippen LogP contribution is 2.10. The van der Waals surface area contributed by atoms with E-state index in [4.69, 9.17) is 4.74 Å². The second-order valence-electron chi connectivity index (χ2n) is 8.53. The molecule has 0 radical (unpaired) electrons. The molecule has 0 bridgehead atoms. The number of unbranched alkanes of at least 4 members (excludes halogenated alkanes) is 8. The number of nitrogens with one attached hydrogen (secondary N) is 1. The third-order valence-corrected chi connectivity index (χ3v) is 7.19. The highest BCUT2D eigenvalue weighted by atomic mass is 32.2. The van der Waals surface area contributed by atoms with Gasteiger partial charge in [0, 0.05) is 6.04 Å². The molecule has 35 heavy (non-hydrogen) atoms. The first kappa shape index (κ1) is 34.1. The molecule has 2 N–H and O–H groups in total. The molecular formula is C25H46NO7PS. The van der Waals surface area contributed by atoms with Crippen molar-refractivity contribution >= 4 is 18.3 Å². The van der Waals surface area contributed by atoms with Crippen LogP contribution in [0, 0.1) is 0 Å². The van der Waals surface area contributed by atoms with Crippen molar-refractivity contribution in [1.29, 1.82) is 0 Å². The summed E-state index contributed by atoms with van der Waals surface area (Å²) in [4.78, 5) is 9.99. The number of rotatable bonds is 21. The van der Waals surface area contributed by atoms with E-state index in [1.807, 2.05) is 30.3 Å². The molecule has 1 aromatic carbocycles. The molecule has 1 aromatic rings. The van der Waals surface area contributed by atoms with Crippen molar-refractivity contribution in [1.82, 2.24) is 4.72 Å². The molecule has 0 aliphatic heterocycles. The Hall–Kier alpha value is -0.930. The molecule has 10 heteroatoms. The lowest BCUT2D eigenvalue weighted by Crippen LogP contribution is -2.38. The van der Waals surface area contributed by atoms with Crippen LogP contribution >= 0.6 is 8.25 Å². The van der Waals surface area contributed by atoms with Gasteiger partial charge in [-0.05, 0) is 23.0 Å². The standard InChI is InChI=1S/C16H35NO3S.C9H11O4P/c1-3-5-7-8-9-10-11-12-14-21(19,20)17-16(15-18)13-6-4-2;10-14(11)13-7-6-12-8-9-4-2-1-3-5-9/h16-18H,3-15H2,1-2H3;1-5H,6-8H2/t16-;/m0./s1. The molecule has 204 valence electrons. The first-order valence-corrected chi connectivity index (χ1v) is 15.6. The molecule has 2 atom stereocenters. The first-order chi connectivity index (χ1) is 16.8. The summed E-state index contributed by atoms with van der Waals surface area (Å²) in [5, 5.41) is 9.20. The zero-order valence-corrected chi connectivity index (χ0v) is 23.2. The van der Waals surface area contributed by atoms with Gasteiger partial charge in [-0.3, -0.25) is 0 Å². The molecule has 0 heterocycles. The van der Waals surface area contributed by atoms with Crippen molar-refractivity contribution in [2.24, 2.45) is 0 Å². The van der Waals surface area contributed by atoms with Crippen molar-refractivity contribution in [3.63, 3.8) is 0 Å². The topological polar surface area (TPSA) is 125 Å². The Labute approximate surface area is 213 Å². The molecule has 0 saturated carbocycles. The summed E-state index contributed by atoms with van der Waals surface area (Å²) in [6.45, 7) is 4.97. The summed E-state index contributed by atoms with van der Waals surface area (Å²) in [7, 11) is -5.99. The number of benzene rings is 1. The van der Waals surface area contributed by atoms with Gasteiger partial charge < -0.3 is 14.7 Å². The van der Waals surface area contributed by atoms with Gasteiger partial charge in [-0.2, -0.15) is 0 Å². The Morgan fingerprint density at radius 2 is 1.54 bits per heavy atom. The quantitative estimate of drug-likeness (QED) is 0.171. The fourth-order valence-corrected chi connectivity index (χ4v) is 4.94. The van der Waals surface area contributed by atoms with Crippen LogP contribution < -0.4 is 9.62 Å². The molecule has 0 saturated heterocycles. The maximum atomic E-state index is 11.9. The maximum absolute atomic E-state index is 11.9. The fraction of sp³-hybridized carbons (Fsp3) is 0.760. The summed E-state index contributed by atoms with van der Waals surface area (Å²) in [6.07, 6.45) is 11.8. The van der Waals surface area contributed by atoms with E-state index in [2.05, 4.69) is 23.1 Å². The normalized spacial score (nSPS) is 12.6. The monoisotopic (exact) mass is 535 g/mol. The summed E-state index contributed by atoms with van der Waals surface area (Å²) < 4.78 is 45.9. The summed E-state index contributed by atoms with van der Waals surface area (Å²) in [5.41, 5.74) is 1.05. The van der Waals surface area contributed by atoms with Crippen molar-refractivity contribution in [2.75, 3.05) is 25.6 Å². The Morgan fingerprint density at radius 3 is 2.11 bits per heavy atom. The van der Waals surface area contributed by atoms with Crippen LogP contribution in [-0.4, -0.2) is 45.1 Å². The van der Waals surface area contributed by atoms with Gasteiger partial charge in [-0.25, -0.2) is 13.1 Å². The molecule has 0 spiro atoms. The van der Waals surface area contributed by atoms with Gasteiger partial charge in [0.15, 0.2) is 0 Å². The van der Waals surface area contributed by atoms with Crippen LogP contribution in [0.25, 0.3) is 0 Å². The predicted molar refractivity (Wildman–Crippen MR) is 140 cm³/mol.